The number of anilines is 1. The van der Waals surface area contributed by atoms with Crippen LogP contribution < -0.4 is 16.4 Å². The SMILES string of the molecule is CC(=O)NCCNc1ccc(C(N)=S)c(C)c1. The van der Waals surface area contributed by atoms with Gasteiger partial charge < -0.3 is 16.4 Å². The average molecular weight is 251 g/mol. The first-order valence-electron chi connectivity index (χ1n) is 5.39. The Kier molecular flexibility index (Phi) is 4.90. The first-order chi connectivity index (χ1) is 8.00. The lowest BCUT2D eigenvalue weighted by Crippen LogP contribution is -2.26. The summed E-state index contributed by atoms with van der Waals surface area (Å²) in [6.45, 7) is 4.76. The van der Waals surface area contributed by atoms with Crippen molar-refractivity contribution in [2.45, 2.75) is 13.8 Å². The molecule has 0 aliphatic rings. The standard InChI is InChI=1S/C12H17N3OS/c1-8-7-10(3-4-11(8)12(13)17)15-6-5-14-9(2)16/h3-4,7,15H,5-6H2,1-2H3,(H2,13,17)(H,14,16). The second-order valence-electron chi connectivity index (χ2n) is 3.80. The van der Waals surface area contributed by atoms with Crippen LogP contribution in [0.25, 0.3) is 0 Å². The largest absolute Gasteiger partial charge is 0.389 e. The molecule has 0 atom stereocenters. The topological polar surface area (TPSA) is 67.2 Å². The highest BCUT2D eigenvalue weighted by Gasteiger charge is 2.02. The van der Waals surface area contributed by atoms with Gasteiger partial charge in [0.15, 0.2) is 0 Å². The number of nitrogens with two attached hydrogens (primary N) is 1. The van der Waals surface area contributed by atoms with E-state index in [1.165, 1.54) is 6.92 Å². The zero-order chi connectivity index (χ0) is 12.8. The molecule has 0 aliphatic carbocycles. The van der Waals surface area contributed by atoms with Gasteiger partial charge in [0.2, 0.25) is 5.91 Å². The Bertz CT molecular complexity index is 432. The van der Waals surface area contributed by atoms with Crippen molar-refractivity contribution in [1.29, 1.82) is 0 Å². The number of thiocarbonyl (C=S) groups is 1. The van der Waals surface area contributed by atoms with Crippen molar-refractivity contribution in [2.75, 3.05) is 18.4 Å². The molecule has 0 radical (unpaired) electrons. The van der Waals surface area contributed by atoms with Crippen molar-refractivity contribution in [3.63, 3.8) is 0 Å². The fourth-order valence-electron chi connectivity index (χ4n) is 1.50. The van der Waals surface area contributed by atoms with Gasteiger partial charge in [-0.05, 0) is 30.7 Å². The minimum absolute atomic E-state index is 0.0215. The Labute approximate surface area is 107 Å². The van der Waals surface area contributed by atoms with E-state index in [-0.39, 0.29) is 5.91 Å². The summed E-state index contributed by atoms with van der Waals surface area (Å²) in [5.74, 6) is -0.0215. The number of benzene rings is 1. The molecule has 0 saturated heterocycles. The molecular formula is C12H17N3OS. The number of aryl methyl sites for hydroxylation is 1. The highest BCUT2D eigenvalue weighted by Crippen LogP contribution is 2.14. The van der Waals surface area contributed by atoms with Gasteiger partial charge in [0.05, 0.1) is 0 Å². The summed E-state index contributed by atoms with van der Waals surface area (Å²) in [6.07, 6.45) is 0. The van der Waals surface area contributed by atoms with Crippen LogP contribution in [0.15, 0.2) is 18.2 Å². The molecule has 1 rings (SSSR count). The summed E-state index contributed by atoms with van der Waals surface area (Å²) in [7, 11) is 0. The summed E-state index contributed by atoms with van der Waals surface area (Å²) in [5, 5.41) is 5.93. The van der Waals surface area contributed by atoms with Crippen LogP contribution in [-0.4, -0.2) is 24.0 Å². The third kappa shape index (κ3) is 4.40. The fourth-order valence-corrected chi connectivity index (χ4v) is 1.72. The maximum atomic E-state index is 10.7. The van der Waals surface area contributed by atoms with Gasteiger partial charge in [0.1, 0.15) is 4.99 Å². The Morgan fingerprint density at radius 2 is 2.12 bits per heavy atom. The molecule has 92 valence electrons. The molecule has 0 bridgehead atoms. The van der Waals surface area contributed by atoms with Gasteiger partial charge in [-0.3, -0.25) is 4.79 Å². The van der Waals surface area contributed by atoms with Crippen molar-refractivity contribution >= 4 is 28.8 Å². The first kappa shape index (κ1) is 13.4. The first-order valence-corrected chi connectivity index (χ1v) is 5.80. The van der Waals surface area contributed by atoms with E-state index >= 15 is 0 Å². The average Bonchev–Trinajstić information content (AvgIpc) is 2.23. The Morgan fingerprint density at radius 1 is 1.41 bits per heavy atom. The minimum atomic E-state index is -0.0215. The van der Waals surface area contributed by atoms with E-state index in [0.29, 0.717) is 18.1 Å². The number of carbonyl (C=O) groups is 1. The van der Waals surface area contributed by atoms with Crippen LogP contribution in [0.2, 0.25) is 0 Å². The molecule has 4 nitrogen and oxygen atoms in total. The third-order valence-electron chi connectivity index (χ3n) is 2.32. The second-order valence-corrected chi connectivity index (χ2v) is 4.24. The van der Waals surface area contributed by atoms with Crippen LogP contribution in [0, 0.1) is 6.92 Å². The third-order valence-corrected chi connectivity index (χ3v) is 2.54. The summed E-state index contributed by atoms with van der Waals surface area (Å²) in [5.41, 5.74) is 8.52. The number of nitrogens with one attached hydrogen (secondary N) is 2. The summed E-state index contributed by atoms with van der Waals surface area (Å²) < 4.78 is 0. The number of rotatable bonds is 5. The zero-order valence-corrected chi connectivity index (χ0v) is 10.9. The van der Waals surface area contributed by atoms with Crippen molar-refractivity contribution < 1.29 is 4.79 Å². The van der Waals surface area contributed by atoms with E-state index in [9.17, 15) is 4.79 Å². The summed E-state index contributed by atoms with van der Waals surface area (Å²) >= 11 is 4.94. The van der Waals surface area contributed by atoms with Crippen molar-refractivity contribution in [3.8, 4) is 0 Å². The molecule has 0 aliphatic heterocycles. The van der Waals surface area contributed by atoms with Gasteiger partial charge in [0.25, 0.3) is 0 Å². The quantitative estimate of drug-likeness (QED) is 0.543. The second kappa shape index (κ2) is 6.20. The number of carbonyl (C=O) groups excluding carboxylic acids is 1. The Hall–Kier alpha value is -1.62. The number of hydrogen-bond donors (Lipinski definition) is 3. The minimum Gasteiger partial charge on any atom is -0.389 e. The van der Waals surface area contributed by atoms with Gasteiger partial charge in [-0.1, -0.05) is 12.2 Å². The van der Waals surface area contributed by atoms with Crippen LogP contribution in [0.5, 0.6) is 0 Å². The molecule has 4 N–H and O–H groups in total. The van der Waals surface area contributed by atoms with Crippen LogP contribution in [0.1, 0.15) is 18.1 Å². The van der Waals surface area contributed by atoms with Crippen molar-refractivity contribution in [1.82, 2.24) is 5.32 Å². The van der Waals surface area contributed by atoms with Crippen LogP contribution in [0.3, 0.4) is 0 Å². The van der Waals surface area contributed by atoms with E-state index in [2.05, 4.69) is 10.6 Å². The molecular weight excluding hydrogens is 234 g/mol. The highest BCUT2D eigenvalue weighted by atomic mass is 32.1. The molecule has 0 fully saturated rings. The normalized spacial score (nSPS) is 9.76. The lowest BCUT2D eigenvalue weighted by molar-refractivity contribution is -0.118. The predicted molar refractivity (Wildman–Crippen MR) is 74.2 cm³/mol. The maximum Gasteiger partial charge on any atom is 0.216 e. The molecule has 17 heavy (non-hydrogen) atoms. The molecule has 0 heterocycles. The molecule has 0 unspecified atom stereocenters. The van der Waals surface area contributed by atoms with Gasteiger partial charge in [-0.2, -0.15) is 0 Å². The predicted octanol–water partition coefficient (Wildman–Crippen LogP) is 1.18. The van der Waals surface area contributed by atoms with Gasteiger partial charge in [0, 0.05) is 31.3 Å². The number of amides is 1. The van der Waals surface area contributed by atoms with Gasteiger partial charge >= 0.3 is 0 Å². The molecule has 0 aromatic heterocycles. The summed E-state index contributed by atoms with van der Waals surface area (Å²) in [4.78, 5) is 11.1. The maximum absolute atomic E-state index is 10.7. The van der Waals surface area contributed by atoms with E-state index in [1.807, 2.05) is 25.1 Å². The van der Waals surface area contributed by atoms with Gasteiger partial charge in [-0.25, -0.2) is 0 Å². The molecule has 1 aromatic rings. The van der Waals surface area contributed by atoms with E-state index in [4.69, 9.17) is 18.0 Å². The molecule has 1 amide bonds. The molecule has 5 heteroatoms. The Balaban J connectivity index is 2.53. The van der Waals surface area contributed by atoms with Crippen molar-refractivity contribution in [3.05, 3.63) is 29.3 Å². The smallest absolute Gasteiger partial charge is 0.216 e. The van der Waals surface area contributed by atoms with E-state index < -0.39 is 0 Å². The fraction of sp³-hybridized carbons (Fsp3) is 0.333. The lowest BCUT2D eigenvalue weighted by Gasteiger charge is -2.10. The van der Waals surface area contributed by atoms with Crippen LogP contribution >= 0.6 is 12.2 Å². The summed E-state index contributed by atoms with van der Waals surface area (Å²) in [6, 6.07) is 5.82. The number of hydrogen-bond acceptors (Lipinski definition) is 3. The highest BCUT2D eigenvalue weighted by molar-refractivity contribution is 7.80. The molecule has 0 saturated carbocycles. The van der Waals surface area contributed by atoms with E-state index in [1.54, 1.807) is 0 Å². The Morgan fingerprint density at radius 3 is 2.65 bits per heavy atom. The molecule has 1 aromatic carbocycles. The zero-order valence-electron chi connectivity index (χ0n) is 10.0. The van der Waals surface area contributed by atoms with Crippen LogP contribution in [-0.2, 0) is 4.79 Å². The van der Waals surface area contributed by atoms with Crippen molar-refractivity contribution in [2.24, 2.45) is 5.73 Å². The van der Waals surface area contributed by atoms with Gasteiger partial charge in [-0.15, -0.1) is 0 Å². The van der Waals surface area contributed by atoms with Crippen LogP contribution in [0.4, 0.5) is 5.69 Å². The van der Waals surface area contributed by atoms with E-state index in [0.717, 1.165) is 16.8 Å². The lowest BCUT2D eigenvalue weighted by atomic mass is 10.1. The monoisotopic (exact) mass is 251 g/mol. The molecule has 0 spiro atoms.